The van der Waals surface area contributed by atoms with E-state index in [1.807, 2.05) is 0 Å². The molecule has 0 unspecified atom stereocenters. The Morgan fingerprint density at radius 1 is 1.33 bits per heavy atom. The lowest BCUT2D eigenvalue weighted by Crippen LogP contribution is -2.35. The summed E-state index contributed by atoms with van der Waals surface area (Å²) in [5, 5.41) is 4.60. The number of hydrogen-bond acceptors (Lipinski definition) is 3. The largest absolute Gasteiger partial charge is 0.434 e. The van der Waals surface area contributed by atoms with E-state index >= 15 is 0 Å². The summed E-state index contributed by atoms with van der Waals surface area (Å²) >= 11 is 0. The molecule has 0 fully saturated rings. The summed E-state index contributed by atoms with van der Waals surface area (Å²) in [7, 11) is 1.42. The highest BCUT2D eigenvalue weighted by atomic mass is 19.3. The molecule has 98 valence electrons. The van der Waals surface area contributed by atoms with Gasteiger partial charge in [-0.2, -0.15) is 8.78 Å². The van der Waals surface area contributed by atoms with Crippen LogP contribution in [-0.4, -0.2) is 32.0 Å². The predicted molar refractivity (Wildman–Crippen MR) is 59.5 cm³/mol. The predicted octanol–water partition coefficient (Wildman–Crippen LogP) is 0.764. The Labute approximate surface area is 102 Å². The number of halogens is 2. The number of benzene rings is 1. The van der Waals surface area contributed by atoms with E-state index in [0.29, 0.717) is 0 Å². The first-order chi connectivity index (χ1) is 8.54. The van der Waals surface area contributed by atoms with E-state index in [1.54, 1.807) is 0 Å². The Balaban J connectivity index is 2.75. The van der Waals surface area contributed by atoms with E-state index in [-0.39, 0.29) is 17.9 Å². The molecule has 0 aliphatic rings. The van der Waals surface area contributed by atoms with Gasteiger partial charge in [0, 0.05) is 7.05 Å². The van der Waals surface area contributed by atoms with Gasteiger partial charge in [0.05, 0.1) is 12.1 Å². The van der Waals surface area contributed by atoms with Crippen LogP contribution in [0, 0.1) is 0 Å². The third-order valence-electron chi connectivity index (χ3n) is 2.04. The van der Waals surface area contributed by atoms with E-state index in [0.717, 1.165) is 0 Å². The zero-order chi connectivity index (χ0) is 13.5. The van der Waals surface area contributed by atoms with Gasteiger partial charge in [0.2, 0.25) is 5.91 Å². The Morgan fingerprint density at radius 2 is 2.00 bits per heavy atom. The number of nitrogens with one attached hydrogen (secondary N) is 2. The minimum atomic E-state index is -3.02. The van der Waals surface area contributed by atoms with Crippen LogP contribution >= 0.6 is 0 Å². The highest BCUT2D eigenvalue weighted by molar-refractivity contribution is 5.98. The lowest BCUT2D eigenvalue weighted by molar-refractivity contribution is -0.119. The molecule has 2 N–H and O–H groups in total. The SMILES string of the molecule is CNC(=O)CNC(=O)c1ccccc1OC(F)F. The maximum absolute atomic E-state index is 12.1. The highest BCUT2D eigenvalue weighted by Crippen LogP contribution is 2.19. The molecule has 2 amide bonds. The van der Waals surface area contributed by atoms with Crippen molar-refractivity contribution < 1.29 is 23.1 Å². The Hall–Kier alpha value is -2.18. The van der Waals surface area contributed by atoms with Crippen LogP contribution in [0.5, 0.6) is 5.75 Å². The molecule has 0 aromatic heterocycles. The minimum absolute atomic E-state index is 0.0540. The quantitative estimate of drug-likeness (QED) is 0.819. The third kappa shape index (κ3) is 4.00. The van der Waals surface area contributed by atoms with Gasteiger partial charge < -0.3 is 15.4 Å². The molecule has 0 aliphatic heterocycles. The zero-order valence-electron chi connectivity index (χ0n) is 9.57. The van der Waals surface area contributed by atoms with Crippen LogP contribution in [0.2, 0.25) is 0 Å². The van der Waals surface area contributed by atoms with E-state index in [9.17, 15) is 18.4 Å². The van der Waals surface area contributed by atoms with Crippen molar-refractivity contribution in [1.29, 1.82) is 0 Å². The van der Waals surface area contributed by atoms with Gasteiger partial charge in [-0.15, -0.1) is 0 Å². The van der Waals surface area contributed by atoms with Crippen LogP contribution < -0.4 is 15.4 Å². The molecule has 0 bridgehead atoms. The molecular weight excluding hydrogens is 246 g/mol. The molecule has 1 aromatic carbocycles. The van der Waals surface area contributed by atoms with Gasteiger partial charge in [0.25, 0.3) is 5.91 Å². The van der Waals surface area contributed by atoms with E-state index in [2.05, 4.69) is 15.4 Å². The maximum atomic E-state index is 12.1. The number of alkyl halides is 2. The van der Waals surface area contributed by atoms with Crippen molar-refractivity contribution in [3.8, 4) is 5.75 Å². The Morgan fingerprint density at radius 3 is 2.61 bits per heavy atom. The number of rotatable bonds is 5. The van der Waals surface area contributed by atoms with Crippen LogP contribution in [0.1, 0.15) is 10.4 Å². The molecular formula is C11H12F2N2O3. The molecule has 0 saturated carbocycles. The van der Waals surface area contributed by atoms with Gasteiger partial charge in [-0.3, -0.25) is 9.59 Å². The summed E-state index contributed by atoms with van der Waals surface area (Å²) < 4.78 is 28.4. The van der Waals surface area contributed by atoms with E-state index in [4.69, 9.17) is 0 Å². The summed E-state index contributed by atoms with van der Waals surface area (Å²) in [6.07, 6.45) is 0. The molecule has 0 radical (unpaired) electrons. The maximum Gasteiger partial charge on any atom is 0.387 e. The van der Waals surface area contributed by atoms with Gasteiger partial charge >= 0.3 is 6.61 Å². The average molecular weight is 258 g/mol. The van der Waals surface area contributed by atoms with Crippen LogP contribution in [0.3, 0.4) is 0 Å². The van der Waals surface area contributed by atoms with Crippen LogP contribution in [0.15, 0.2) is 24.3 Å². The minimum Gasteiger partial charge on any atom is -0.434 e. The summed E-state index contributed by atoms with van der Waals surface area (Å²) in [5.41, 5.74) is -0.0540. The fourth-order valence-corrected chi connectivity index (χ4v) is 1.20. The Bertz CT molecular complexity index is 438. The number of likely N-dealkylation sites (N-methyl/N-ethyl adjacent to an activating group) is 1. The van der Waals surface area contributed by atoms with Crippen LogP contribution in [-0.2, 0) is 4.79 Å². The fraction of sp³-hybridized carbons (Fsp3) is 0.273. The van der Waals surface area contributed by atoms with Crippen molar-refractivity contribution >= 4 is 11.8 Å². The van der Waals surface area contributed by atoms with Crippen molar-refractivity contribution in [1.82, 2.24) is 10.6 Å². The summed E-state index contributed by atoms with van der Waals surface area (Å²) in [6.45, 7) is -3.25. The molecule has 0 aliphatic carbocycles. The monoisotopic (exact) mass is 258 g/mol. The third-order valence-corrected chi connectivity index (χ3v) is 2.04. The van der Waals surface area contributed by atoms with Gasteiger partial charge in [-0.1, -0.05) is 12.1 Å². The average Bonchev–Trinajstić information content (AvgIpc) is 2.35. The lowest BCUT2D eigenvalue weighted by atomic mass is 10.2. The topological polar surface area (TPSA) is 67.4 Å². The van der Waals surface area contributed by atoms with E-state index in [1.165, 1.54) is 31.3 Å². The second kappa shape index (κ2) is 6.53. The molecule has 1 aromatic rings. The van der Waals surface area contributed by atoms with Gasteiger partial charge in [0.1, 0.15) is 5.75 Å². The number of hydrogen-bond donors (Lipinski definition) is 2. The first-order valence-electron chi connectivity index (χ1n) is 5.07. The molecule has 0 heterocycles. The zero-order valence-corrected chi connectivity index (χ0v) is 9.57. The molecule has 0 saturated heterocycles. The van der Waals surface area contributed by atoms with Crippen LogP contribution in [0.4, 0.5) is 8.78 Å². The fourth-order valence-electron chi connectivity index (χ4n) is 1.20. The van der Waals surface area contributed by atoms with Gasteiger partial charge in [-0.25, -0.2) is 0 Å². The smallest absolute Gasteiger partial charge is 0.387 e. The lowest BCUT2D eigenvalue weighted by Gasteiger charge is -2.10. The van der Waals surface area contributed by atoms with Crippen molar-refractivity contribution in [2.24, 2.45) is 0 Å². The molecule has 1 rings (SSSR count). The van der Waals surface area contributed by atoms with Gasteiger partial charge in [0.15, 0.2) is 0 Å². The molecule has 18 heavy (non-hydrogen) atoms. The first kappa shape index (κ1) is 13.9. The second-order valence-electron chi connectivity index (χ2n) is 3.23. The molecule has 7 heteroatoms. The van der Waals surface area contributed by atoms with Crippen molar-refractivity contribution in [2.45, 2.75) is 6.61 Å². The van der Waals surface area contributed by atoms with Crippen LogP contribution in [0.25, 0.3) is 0 Å². The van der Waals surface area contributed by atoms with Gasteiger partial charge in [-0.05, 0) is 12.1 Å². The molecule has 0 spiro atoms. The molecule has 5 nitrogen and oxygen atoms in total. The number of para-hydroxylation sites is 1. The van der Waals surface area contributed by atoms with E-state index < -0.39 is 18.4 Å². The summed E-state index contributed by atoms with van der Waals surface area (Å²) in [5.74, 6) is -1.28. The number of carbonyl (C=O) groups excluding carboxylic acids is 2. The Kier molecular flexibility index (Phi) is 5.04. The number of carbonyl (C=O) groups is 2. The first-order valence-corrected chi connectivity index (χ1v) is 5.07. The molecule has 0 atom stereocenters. The highest BCUT2D eigenvalue weighted by Gasteiger charge is 2.15. The standard InChI is InChI=1S/C11H12F2N2O3/c1-14-9(16)6-15-10(17)7-4-2-3-5-8(7)18-11(12)13/h2-5,11H,6H2,1H3,(H,14,16)(H,15,17). The van der Waals surface area contributed by atoms with Crippen molar-refractivity contribution in [2.75, 3.05) is 13.6 Å². The number of amides is 2. The van der Waals surface area contributed by atoms with Crippen molar-refractivity contribution in [3.05, 3.63) is 29.8 Å². The van der Waals surface area contributed by atoms with Crippen molar-refractivity contribution in [3.63, 3.8) is 0 Å². The number of ether oxygens (including phenoxy) is 1. The summed E-state index contributed by atoms with van der Waals surface area (Å²) in [6, 6.07) is 5.55. The summed E-state index contributed by atoms with van der Waals surface area (Å²) in [4.78, 5) is 22.6. The normalized spacial score (nSPS) is 10.0. The second-order valence-corrected chi connectivity index (χ2v) is 3.23.